The molecule has 1 saturated carbocycles. The van der Waals surface area contributed by atoms with Crippen molar-refractivity contribution in [3.05, 3.63) is 12.4 Å². The van der Waals surface area contributed by atoms with Gasteiger partial charge in [-0.2, -0.15) is 0 Å². The first-order chi connectivity index (χ1) is 10.1. The smallest absolute Gasteiger partial charge is 0.315 e. The summed E-state index contributed by atoms with van der Waals surface area (Å²) < 4.78 is 1.62. The number of nitrogens with one attached hydrogen (secondary N) is 2. The summed E-state index contributed by atoms with van der Waals surface area (Å²) in [5, 5.41) is 22.1. The van der Waals surface area contributed by atoms with Crippen LogP contribution in [0, 0.1) is 0 Å². The molecule has 1 aliphatic carbocycles. The quantitative estimate of drug-likeness (QED) is 0.717. The van der Waals surface area contributed by atoms with Crippen LogP contribution in [0.4, 0.5) is 4.79 Å². The molecule has 1 aromatic rings. The minimum atomic E-state index is -0.875. The van der Waals surface area contributed by atoms with Gasteiger partial charge in [-0.05, 0) is 12.8 Å². The van der Waals surface area contributed by atoms with E-state index in [2.05, 4.69) is 20.9 Å². The average molecular weight is 295 g/mol. The van der Waals surface area contributed by atoms with Crippen molar-refractivity contribution >= 4 is 12.0 Å². The van der Waals surface area contributed by atoms with E-state index in [-0.39, 0.29) is 12.5 Å². The maximum Gasteiger partial charge on any atom is 0.315 e. The Kier molecular flexibility index (Phi) is 5.13. The molecule has 0 spiro atoms. The van der Waals surface area contributed by atoms with Crippen LogP contribution < -0.4 is 10.6 Å². The number of carboxylic acids is 1. The number of carbonyl (C=O) groups is 2. The lowest BCUT2D eigenvalue weighted by atomic mass is 9.79. The van der Waals surface area contributed by atoms with Gasteiger partial charge in [-0.1, -0.05) is 24.5 Å². The highest BCUT2D eigenvalue weighted by atomic mass is 16.4. The summed E-state index contributed by atoms with van der Waals surface area (Å²) in [5.74, 6) is -0.875. The van der Waals surface area contributed by atoms with Crippen molar-refractivity contribution in [3.63, 3.8) is 0 Å². The van der Waals surface area contributed by atoms with Gasteiger partial charge in [0.25, 0.3) is 0 Å². The lowest BCUT2D eigenvalue weighted by molar-refractivity contribution is -0.139. The molecule has 8 nitrogen and oxygen atoms in total. The molecule has 0 saturated heterocycles. The van der Waals surface area contributed by atoms with Crippen LogP contribution in [0.1, 0.15) is 38.5 Å². The van der Waals surface area contributed by atoms with E-state index < -0.39 is 11.5 Å². The highest BCUT2D eigenvalue weighted by Gasteiger charge is 2.35. The second-order valence-electron chi connectivity index (χ2n) is 5.46. The minimum Gasteiger partial charge on any atom is -0.481 e. The van der Waals surface area contributed by atoms with Crippen molar-refractivity contribution < 1.29 is 14.7 Å². The fourth-order valence-corrected chi connectivity index (χ4v) is 2.78. The first-order valence-corrected chi connectivity index (χ1v) is 7.22. The van der Waals surface area contributed by atoms with Gasteiger partial charge in [-0.3, -0.25) is 9.48 Å². The van der Waals surface area contributed by atoms with Crippen molar-refractivity contribution in [1.82, 2.24) is 25.6 Å². The Morgan fingerprint density at radius 2 is 2.05 bits per heavy atom. The van der Waals surface area contributed by atoms with Crippen molar-refractivity contribution in [3.8, 4) is 0 Å². The van der Waals surface area contributed by atoms with E-state index in [4.69, 9.17) is 5.11 Å². The van der Waals surface area contributed by atoms with Crippen LogP contribution in [0.3, 0.4) is 0 Å². The Hall–Kier alpha value is -2.12. The van der Waals surface area contributed by atoms with Crippen LogP contribution in [0.25, 0.3) is 0 Å². The highest BCUT2D eigenvalue weighted by Crippen LogP contribution is 2.31. The van der Waals surface area contributed by atoms with Crippen molar-refractivity contribution in [2.75, 3.05) is 6.54 Å². The van der Waals surface area contributed by atoms with Gasteiger partial charge in [0.15, 0.2) is 0 Å². The standard InChI is InChI=1S/C13H21N5O3/c19-11(20)10-13(4-2-1-3-5-13)16-12(21)14-6-8-18-9-7-15-17-18/h7,9H,1-6,8,10H2,(H,19,20)(H2,14,16,21). The molecule has 0 radical (unpaired) electrons. The Morgan fingerprint density at radius 3 is 2.67 bits per heavy atom. The lowest BCUT2D eigenvalue weighted by Crippen LogP contribution is -2.54. The van der Waals surface area contributed by atoms with Crippen molar-refractivity contribution in [1.29, 1.82) is 0 Å². The molecular formula is C13H21N5O3. The number of aromatic nitrogens is 3. The number of rotatable bonds is 6. The molecule has 3 N–H and O–H groups in total. The Labute approximate surface area is 122 Å². The topological polar surface area (TPSA) is 109 Å². The predicted octanol–water partition coefficient (Wildman–Crippen LogP) is 0.755. The minimum absolute atomic E-state index is 0.0243. The maximum atomic E-state index is 12.0. The van der Waals surface area contributed by atoms with Crippen LogP contribution in [-0.4, -0.2) is 44.2 Å². The molecule has 8 heteroatoms. The lowest BCUT2D eigenvalue weighted by Gasteiger charge is -2.36. The molecule has 1 fully saturated rings. The van der Waals surface area contributed by atoms with Crippen molar-refractivity contribution in [2.45, 2.75) is 50.6 Å². The van der Waals surface area contributed by atoms with Gasteiger partial charge in [-0.25, -0.2) is 4.79 Å². The molecule has 0 aliphatic heterocycles. The SMILES string of the molecule is O=C(O)CC1(NC(=O)NCCn2ccnn2)CCCCC1. The van der Waals surface area contributed by atoms with Gasteiger partial charge in [0.1, 0.15) is 0 Å². The third-order valence-corrected chi connectivity index (χ3v) is 3.78. The molecule has 0 bridgehead atoms. The van der Waals surface area contributed by atoms with Crippen LogP contribution in [0.2, 0.25) is 0 Å². The van der Waals surface area contributed by atoms with Gasteiger partial charge >= 0.3 is 12.0 Å². The molecule has 116 valence electrons. The second kappa shape index (κ2) is 7.05. The van der Waals surface area contributed by atoms with Crippen LogP contribution >= 0.6 is 0 Å². The summed E-state index contributed by atoms with van der Waals surface area (Å²) in [4.78, 5) is 23.0. The third kappa shape index (κ3) is 4.73. The molecule has 1 aliphatic rings. The number of hydrogen-bond donors (Lipinski definition) is 3. The zero-order chi connectivity index (χ0) is 15.1. The number of carboxylic acid groups (broad SMARTS) is 1. The number of aliphatic carboxylic acids is 1. The van der Waals surface area contributed by atoms with Gasteiger partial charge in [0.05, 0.1) is 24.7 Å². The molecule has 1 heterocycles. The molecule has 2 rings (SSSR count). The van der Waals surface area contributed by atoms with E-state index >= 15 is 0 Å². The summed E-state index contributed by atoms with van der Waals surface area (Å²) in [5.41, 5.74) is -0.610. The maximum absolute atomic E-state index is 12.0. The first-order valence-electron chi connectivity index (χ1n) is 7.22. The monoisotopic (exact) mass is 295 g/mol. The number of amides is 2. The van der Waals surface area contributed by atoms with Gasteiger partial charge in [-0.15, -0.1) is 5.10 Å². The van der Waals surface area contributed by atoms with E-state index in [1.54, 1.807) is 17.1 Å². The normalized spacial score (nSPS) is 17.1. The molecule has 0 atom stereocenters. The fourth-order valence-electron chi connectivity index (χ4n) is 2.78. The first kappa shape index (κ1) is 15.3. The zero-order valence-corrected chi connectivity index (χ0v) is 11.9. The van der Waals surface area contributed by atoms with E-state index in [0.29, 0.717) is 13.1 Å². The number of carbonyl (C=O) groups excluding carboxylic acids is 1. The van der Waals surface area contributed by atoms with Crippen LogP contribution in [0.5, 0.6) is 0 Å². The summed E-state index contributed by atoms with van der Waals surface area (Å²) in [6.07, 6.45) is 7.70. The van der Waals surface area contributed by atoms with Gasteiger partial charge < -0.3 is 15.7 Å². The van der Waals surface area contributed by atoms with E-state index in [0.717, 1.165) is 32.1 Å². The molecule has 21 heavy (non-hydrogen) atoms. The Balaban J connectivity index is 1.81. The summed E-state index contributed by atoms with van der Waals surface area (Å²) in [6.45, 7) is 0.942. The van der Waals surface area contributed by atoms with Crippen LogP contribution in [0.15, 0.2) is 12.4 Å². The fraction of sp³-hybridized carbons (Fsp3) is 0.692. The molecule has 1 aromatic heterocycles. The summed E-state index contributed by atoms with van der Waals surface area (Å²) in [6, 6.07) is -0.321. The Bertz CT molecular complexity index is 468. The zero-order valence-electron chi connectivity index (χ0n) is 11.9. The summed E-state index contributed by atoms with van der Waals surface area (Å²) in [7, 11) is 0. The Morgan fingerprint density at radius 1 is 1.29 bits per heavy atom. The van der Waals surface area contributed by atoms with Crippen LogP contribution in [-0.2, 0) is 11.3 Å². The van der Waals surface area contributed by atoms with E-state index in [9.17, 15) is 9.59 Å². The molecule has 2 amide bonds. The average Bonchev–Trinajstić information content (AvgIpc) is 2.91. The number of urea groups is 1. The molecule has 0 aromatic carbocycles. The number of nitrogens with zero attached hydrogens (tertiary/aromatic N) is 3. The molecular weight excluding hydrogens is 274 g/mol. The van der Waals surface area contributed by atoms with Crippen molar-refractivity contribution in [2.24, 2.45) is 0 Å². The number of hydrogen-bond acceptors (Lipinski definition) is 4. The van der Waals surface area contributed by atoms with Gasteiger partial charge in [0, 0.05) is 12.7 Å². The molecule has 0 unspecified atom stereocenters. The largest absolute Gasteiger partial charge is 0.481 e. The second-order valence-corrected chi connectivity index (χ2v) is 5.46. The predicted molar refractivity (Wildman–Crippen MR) is 74.6 cm³/mol. The summed E-state index contributed by atoms with van der Waals surface area (Å²) >= 11 is 0. The van der Waals surface area contributed by atoms with Gasteiger partial charge in [0.2, 0.25) is 0 Å². The van der Waals surface area contributed by atoms with E-state index in [1.165, 1.54) is 0 Å². The highest BCUT2D eigenvalue weighted by molar-refractivity contribution is 5.76. The van der Waals surface area contributed by atoms with E-state index in [1.807, 2.05) is 0 Å². The third-order valence-electron chi connectivity index (χ3n) is 3.78.